The van der Waals surface area contributed by atoms with Gasteiger partial charge in [-0.3, -0.25) is 9.97 Å². The lowest BCUT2D eigenvalue weighted by molar-refractivity contribution is 0.494. The van der Waals surface area contributed by atoms with Gasteiger partial charge in [-0.1, -0.05) is 12.2 Å². The first-order valence-corrected chi connectivity index (χ1v) is 10.5. The molecule has 0 atom stereocenters. The van der Waals surface area contributed by atoms with Crippen molar-refractivity contribution in [3.63, 3.8) is 0 Å². The van der Waals surface area contributed by atoms with E-state index in [1.807, 2.05) is 31.2 Å². The van der Waals surface area contributed by atoms with E-state index in [0.29, 0.717) is 29.1 Å². The number of aromatic nitrogens is 1. The average molecular weight is 357 g/mol. The van der Waals surface area contributed by atoms with Crippen molar-refractivity contribution >= 4 is 24.8 Å². The SMILES string of the molecule is C=CCc1cc(C(=N)c2cc(OP(C)(C)=O)ccc2N)[nH]c1/C=C\C. The molecule has 0 amide bonds. The average Bonchev–Trinajstić information content (AvgIpc) is 2.91. The van der Waals surface area contributed by atoms with Gasteiger partial charge in [0.25, 0.3) is 0 Å². The fourth-order valence-corrected chi connectivity index (χ4v) is 3.12. The highest BCUT2D eigenvalue weighted by Crippen LogP contribution is 2.39. The molecule has 0 saturated carbocycles. The third-order valence-corrected chi connectivity index (χ3v) is 4.17. The Morgan fingerprint density at radius 2 is 2.12 bits per heavy atom. The molecule has 6 heteroatoms. The summed E-state index contributed by atoms with van der Waals surface area (Å²) in [5.74, 6) is 0.439. The lowest BCUT2D eigenvalue weighted by Gasteiger charge is -2.13. The first kappa shape index (κ1) is 18.8. The molecule has 0 aliphatic rings. The van der Waals surface area contributed by atoms with Crippen molar-refractivity contribution in [2.24, 2.45) is 0 Å². The molecular formula is C19H24N3O2P. The Balaban J connectivity index is 2.43. The minimum Gasteiger partial charge on any atom is -0.443 e. The monoisotopic (exact) mass is 357 g/mol. The van der Waals surface area contributed by atoms with Crippen molar-refractivity contribution in [3.05, 3.63) is 65.5 Å². The van der Waals surface area contributed by atoms with Crippen LogP contribution < -0.4 is 10.3 Å². The van der Waals surface area contributed by atoms with Crippen LogP contribution in [0.3, 0.4) is 0 Å². The van der Waals surface area contributed by atoms with Crippen LogP contribution in [0, 0.1) is 5.41 Å². The first-order valence-electron chi connectivity index (χ1n) is 7.94. The van der Waals surface area contributed by atoms with Gasteiger partial charge in [0.05, 0.1) is 11.4 Å². The topological polar surface area (TPSA) is 92.0 Å². The number of hydrogen-bond donors (Lipinski definition) is 3. The number of nitrogens with one attached hydrogen (secondary N) is 2. The number of anilines is 1. The van der Waals surface area contributed by atoms with E-state index in [1.165, 1.54) is 0 Å². The second-order valence-corrected chi connectivity index (χ2v) is 8.77. The van der Waals surface area contributed by atoms with Crippen LogP contribution in [0.15, 0.2) is 43.0 Å². The third kappa shape index (κ3) is 4.74. The first-order chi connectivity index (χ1) is 11.7. The van der Waals surface area contributed by atoms with Crippen molar-refractivity contribution in [1.29, 1.82) is 5.41 Å². The molecule has 25 heavy (non-hydrogen) atoms. The van der Waals surface area contributed by atoms with Gasteiger partial charge >= 0.3 is 0 Å². The number of rotatable bonds is 7. The number of hydrogen-bond acceptors (Lipinski definition) is 4. The van der Waals surface area contributed by atoms with Gasteiger partial charge in [0.15, 0.2) is 0 Å². The van der Waals surface area contributed by atoms with E-state index in [0.717, 1.165) is 11.3 Å². The Kier molecular flexibility index (Phi) is 5.70. The number of aromatic amines is 1. The molecule has 2 rings (SSSR count). The summed E-state index contributed by atoms with van der Waals surface area (Å²) in [6.45, 7) is 8.81. The van der Waals surface area contributed by atoms with E-state index in [9.17, 15) is 4.57 Å². The van der Waals surface area contributed by atoms with Crippen molar-refractivity contribution in [2.45, 2.75) is 13.3 Å². The summed E-state index contributed by atoms with van der Waals surface area (Å²) in [7, 11) is -2.69. The van der Waals surface area contributed by atoms with Crippen molar-refractivity contribution in [3.8, 4) is 5.75 Å². The minimum absolute atomic E-state index is 0.256. The van der Waals surface area contributed by atoms with Crippen molar-refractivity contribution < 1.29 is 9.09 Å². The molecule has 132 valence electrons. The minimum atomic E-state index is -2.69. The highest BCUT2D eigenvalue weighted by atomic mass is 31.2. The molecule has 5 nitrogen and oxygen atoms in total. The Labute approximate surface area is 148 Å². The second kappa shape index (κ2) is 7.58. The summed E-state index contributed by atoms with van der Waals surface area (Å²) in [5, 5.41) is 8.53. The third-order valence-electron chi connectivity index (χ3n) is 3.52. The maximum Gasteiger partial charge on any atom is 0.242 e. The number of allylic oxidation sites excluding steroid dienone is 2. The molecule has 2 aromatic rings. The summed E-state index contributed by atoms with van der Waals surface area (Å²) in [6, 6.07) is 6.90. The van der Waals surface area contributed by atoms with Crippen molar-refractivity contribution in [2.75, 3.05) is 19.1 Å². The Morgan fingerprint density at radius 1 is 1.40 bits per heavy atom. The molecular weight excluding hydrogens is 333 g/mol. The van der Waals surface area contributed by atoms with Gasteiger partial charge in [0.2, 0.25) is 7.37 Å². The number of H-pyrrole nitrogens is 1. The molecule has 0 bridgehead atoms. The van der Waals surface area contributed by atoms with E-state index >= 15 is 0 Å². The van der Waals surface area contributed by atoms with E-state index in [4.69, 9.17) is 15.7 Å². The zero-order chi connectivity index (χ0) is 18.6. The maximum absolute atomic E-state index is 11.9. The van der Waals surface area contributed by atoms with Crippen LogP contribution in [-0.4, -0.2) is 24.0 Å². The van der Waals surface area contributed by atoms with Crippen LogP contribution in [0.5, 0.6) is 5.75 Å². The standard InChI is InChI=1S/C19H24N3O2P/c1-5-7-13-11-18(22-17(13)8-6-2)19(21)15-12-14(9-10-16(15)20)24-25(3,4)23/h5-6,8-12,21-22H,1,7,20H2,2-4H3/b8-6-,21-19?. The molecule has 1 aromatic heterocycles. The van der Waals surface area contributed by atoms with Crippen LogP contribution in [0.2, 0.25) is 0 Å². The van der Waals surface area contributed by atoms with Gasteiger partial charge in [-0.2, -0.15) is 0 Å². The number of nitrogens with two attached hydrogens (primary N) is 1. The Hall–Kier alpha value is -2.52. The molecule has 0 radical (unpaired) electrons. The zero-order valence-corrected chi connectivity index (χ0v) is 15.7. The van der Waals surface area contributed by atoms with Gasteiger partial charge < -0.3 is 15.2 Å². The lowest BCUT2D eigenvalue weighted by Crippen LogP contribution is -2.06. The normalized spacial score (nSPS) is 11.6. The molecule has 1 aromatic carbocycles. The number of benzene rings is 1. The van der Waals surface area contributed by atoms with Crippen LogP contribution in [-0.2, 0) is 11.0 Å². The predicted octanol–water partition coefficient (Wildman–Crippen LogP) is 4.69. The summed E-state index contributed by atoms with van der Waals surface area (Å²) in [4.78, 5) is 3.25. The smallest absolute Gasteiger partial charge is 0.242 e. The highest BCUT2D eigenvalue weighted by Gasteiger charge is 2.16. The second-order valence-electron chi connectivity index (χ2n) is 6.08. The fourth-order valence-electron chi connectivity index (χ4n) is 2.50. The molecule has 4 N–H and O–H groups in total. The molecule has 0 fully saturated rings. The molecule has 0 aliphatic carbocycles. The zero-order valence-electron chi connectivity index (χ0n) is 14.8. The highest BCUT2D eigenvalue weighted by molar-refractivity contribution is 7.57. The lowest BCUT2D eigenvalue weighted by atomic mass is 10.0. The molecule has 1 heterocycles. The van der Waals surface area contributed by atoms with Crippen LogP contribution in [0.25, 0.3) is 6.08 Å². The van der Waals surface area contributed by atoms with Gasteiger partial charge in [0, 0.05) is 30.3 Å². The molecule has 0 spiro atoms. The summed E-state index contributed by atoms with van der Waals surface area (Å²) < 4.78 is 17.3. The predicted molar refractivity (Wildman–Crippen MR) is 106 cm³/mol. The van der Waals surface area contributed by atoms with E-state index in [-0.39, 0.29) is 5.71 Å². The molecule has 0 saturated heterocycles. The fraction of sp³-hybridized carbons (Fsp3) is 0.211. The van der Waals surface area contributed by atoms with Crippen LogP contribution in [0.1, 0.15) is 29.4 Å². The summed E-state index contributed by atoms with van der Waals surface area (Å²) in [6.07, 6.45) is 6.43. The van der Waals surface area contributed by atoms with E-state index in [1.54, 1.807) is 31.5 Å². The van der Waals surface area contributed by atoms with Gasteiger partial charge in [-0.05, 0) is 49.2 Å². The quantitative estimate of drug-likeness (QED) is 0.290. The molecule has 0 aliphatic heterocycles. The maximum atomic E-state index is 11.9. The molecule has 0 unspecified atom stereocenters. The largest absolute Gasteiger partial charge is 0.443 e. The van der Waals surface area contributed by atoms with E-state index < -0.39 is 7.37 Å². The van der Waals surface area contributed by atoms with Crippen LogP contribution >= 0.6 is 7.37 Å². The Bertz CT molecular complexity index is 875. The van der Waals surface area contributed by atoms with Gasteiger partial charge in [-0.15, -0.1) is 6.58 Å². The summed E-state index contributed by atoms with van der Waals surface area (Å²) in [5.41, 5.74) is 9.96. The van der Waals surface area contributed by atoms with E-state index in [2.05, 4.69) is 11.6 Å². The van der Waals surface area contributed by atoms with Gasteiger partial charge in [-0.25, -0.2) is 0 Å². The van der Waals surface area contributed by atoms with Crippen LogP contribution in [0.4, 0.5) is 5.69 Å². The van der Waals surface area contributed by atoms with Gasteiger partial charge in [0.1, 0.15) is 5.75 Å². The summed E-state index contributed by atoms with van der Waals surface area (Å²) >= 11 is 0. The number of nitrogen functional groups attached to an aromatic ring is 1. The Morgan fingerprint density at radius 3 is 2.72 bits per heavy atom. The van der Waals surface area contributed by atoms with Crippen molar-refractivity contribution in [1.82, 2.24) is 4.98 Å².